The second kappa shape index (κ2) is 5.01. The molecule has 0 aliphatic heterocycles. The highest BCUT2D eigenvalue weighted by Gasteiger charge is 2.16. The van der Waals surface area contributed by atoms with E-state index in [4.69, 9.17) is 5.73 Å². The van der Waals surface area contributed by atoms with Gasteiger partial charge >= 0.3 is 0 Å². The first-order chi connectivity index (χ1) is 8.61. The number of anilines is 3. The van der Waals surface area contributed by atoms with Crippen LogP contribution in [0, 0.1) is 6.92 Å². The molecule has 2 aromatic heterocycles. The van der Waals surface area contributed by atoms with Crippen LogP contribution in [0.1, 0.15) is 15.4 Å². The molecule has 2 rings (SSSR count). The summed E-state index contributed by atoms with van der Waals surface area (Å²) in [7, 11) is 1.73. The lowest BCUT2D eigenvalue weighted by Crippen LogP contribution is -2.13. The smallest absolute Gasteiger partial charge is 0.269 e. The molecule has 7 heteroatoms. The summed E-state index contributed by atoms with van der Waals surface area (Å²) < 4.78 is 0. The van der Waals surface area contributed by atoms with Crippen LogP contribution in [0.5, 0.6) is 0 Å². The third kappa shape index (κ3) is 2.40. The maximum atomic E-state index is 12.0. The number of nitrogens with zero attached hydrogens (tertiary/aromatic N) is 2. The van der Waals surface area contributed by atoms with Crippen LogP contribution in [0.25, 0.3) is 0 Å². The Morgan fingerprint density at radius 1 is 1.50 bits per heavy atom. The molecule has 0 aromatic carbocycles. The molecule has 0 aliphatic rings. The van der Waals surface area contributed by atoms with E-state index >= 15 is 0 Å². The van der Waals surface area contributed by atoms with E-state index in [9.17, 15) is 4.79 Å². The Morgan fingerprint density at radius 2 is 2.28 bits per heavy atom. The minimum absolute atomic E-state index is 0.225. The van der Waals surface area contributed by atoms with E-state index in [-0.39, 0.29) is 11.7 Å². The van der Waals surface area contributed by atoms with Crippen LogP contribution >= 0.6 is 11.3 Å². The van der Waals surface area contributed by atoms with Crippen LogP contribution in [0.3, 0.4) is 0 Å². The van der Waals surface area contributed by atoms with Gasteiger partial charge in [0.2, 0.25) is 0 Å². The number of nitrogens with two attached hydrogens (primary N) is 1. The molecule has 6 nitrogen and oxygen atoms in total. The lowest BCUT2D eigenvalue weighted by Gasteiger charge is -2.05. The summed E-state index contributed by atoms with van der Waals surface area (Å²) in [4.78, 5) is 20.6. The van der Waals surface area contributed by atoms with Gasteiger partial charge in [0.1, 0.15) is 10.7 Å². The maximum absolute atomic E-state index is 12.0. The van der Waals surface area contributed by atoms with Crippen molar-refractivity contribution in [3.63, 3.8) is 0 Å². The standard InChI is InChI=1S/C11H13N5OS/c1-6-7(4-3-5-14-6)15-10(17)8-9(12)16-11(13-2)18-8/h3-5H,12H2,1-2H3,(H,13,16)(H,15,17). The fraction of sp³-hybridized carbons (Fsp3) is 0.182. The number of nitrogen functional groups attached to an aromatic ring is 1. The summed E-state index contributed by atoms with van der Waals surface area (Å²) in [6.45, 7) is 1.82. The molecule has 0 aliphatic carbocycles. The number of thiazole rings is 1. The van der Waals surface area contributed by atoms with Gasteiger partial charge in [-0.15, -0.1) is 0 Å². The zero-order chi connectivity index (χ0) is 13.1. The molecule has 4 N–H and O–H groups in total. The zero-order valence-corrected chi connectivity index (χ0v) is 10.8. The lowest BCUT2D eigenvalue weighted by molar-refractivity contribution is 0.103. The SMILES string of the molecule is CNc1nc(N)c(C(=O)Nc2cccnc2C)s1. The first kappa shape index (κ1) is 12.3. The molecule has 2 heterocycles. The Labute approximate surface area is 108 Å². The van der Waals surface area contributed by atoms with E-state index < -0.39 is 0 Å². The second-order valence-corrected chi connectivity index (χ2v) is 4.57. The van der Waals surface area contributed by atoms with Gasteiger partial charge in [-0.2, -0.15) is 0 Å². The Balaban J connectivity index is 2.22. The van der Waals surface area contributed by atoms with Gasteiger partial charge in [-0.25, -0.2) is 4.98 Å². The Bertz CT molecular complexity index is 581. The van der Waals surface area contributed by atoms with Gasteiger partial charge in [0.25, 0.3) is 5.91 Å². The van der Waals surface area contributed by atoms with E-state index in [0.29, 0.717) is 15.7 Å². The molecule has 0 fully saturated rings. The molecule has 94 valence electrons. The van der Waals surface area contributed by atoms with Crippen LogP contribution in [0.15, 0.2) is 18.3 Å². The maximum Gasteiger partial charge on any atom is 0.269 e. The Morgan fingerprint density at radius 3 is 2.89 bits per heavy atom. The van der Waals surface area contributed by atoms with E-state index in [1.807, 2.05) is 6.92 Å². The quantitative estimate of drug-likeness (QED) is 0.784. The van der Waals surface area contributed by atoms with Gasteiger partial charge in [-0.1, -0.05) is 11.3 Å². The number of hydrogen-bond donors (Lipinski definition) is 3. The van der Waals surface area contributed by atoms with Crippen molar-refractivity contribution in [1.29, 1.82) is 0 Å². The summed E-state index contributed by atoms with van der Waals surface area (Å²) in [5, 5.41) is 6.23. The van der Waals surface area contributed by atoms with Crippen molar-refractivity contribution in [1.82, 2.24) is 9.97 Å². The minimum Gasteiger partial charge on any atom is -0.382 e. The number of amides is 1. The van der Waals surface area contributed by atoms with Crippen molar-refractivity contribution in [2.24, 2.45) is 0 Å². The highest BCUT2D eigenvalue weighted by Crippen LogP contribution is 2.25. The molecule has 0 spiro atoms. The first-order valence-electron chi connectivity index (χ1n) is 5.29. The normalized spacial score (nSPS) is 10.1. The Kier molecular flexibility index (Phi) is 3.42. The van der Waals surface area contributed by atoms with Gasteiger partial charge in [0.15, 0.2) is 5.13 Å². The lowest BCUT2D eigenvalue weighted by atomic mass is 10.3. The van der Waals surface area contributed by atoms with Crippen molar-refractivity contribution < 1.29 is 4.79 Å². The summed E-state index contributed by atoms with van der Waals surface area (Å²) in [6.07, 6.45) is 1.67. The first-order valence-corrected chi connectivity index (χ1v) is 6.10. The van der Waals surface area contributed by atoms with Gasteiger partial charge in [0.05, 0.1) is 11.4 Å². The van der Waals surface area contributed by atoms with Gasteiger partial charge in [-0.3, -0.25) is 9.78 Å². The highest BCUT2D eigenvalue weighted by atomic mass is 32.1. The van der Waals surface area contributed by atoms with Gasteiger partial charge in [0, 0.05) is 13.2 Å². The van der Waals surface area contributed by atoms with Crippen molar-refractivity contribution in [3.8, 4) is 0 Å². The number of pyridine rings is 1. The summed E-state index contributed by atoms with van der Waals surface area (Å²) in [6, 6.07) is 3.55. The number of carbonyl (C=O) groups excluding carboxylic acids is 1. The summed E-state index contributed by atoms with van der Waals surface area (Å²) >= 11 is 1.21. The van der Waals surface area contributed by atoms with Crippen LogP contribution in [-0.4, -0.2) is 22.9 Å². The third-order valence-electron chi connectivity index (χ3n) is 2.33. The molecular formula is C11H13N5OS. The summed E-state index contributed by atoms with van der Waals surface area (Å²) in [5.41, 5.74) is 7.11. The van der Waals surface area contributed by atoms with E-state index in [1.165, 1.54) is 11.3 Å². The average Bonchev–Trinajstić information content (AvgIpc) is 2.73. The summed E-state index contributed by atoms with van der Waals surface area (Å²) in [5.74, 6) is -0.0500. The number of hydrogen-bond acceptors (Lipinski definition) is 6. The molecule has 0 saturated heterocycles. The number of aryl methyl sites for hydroxylation is 1. The van der Waals surface area contributed by atoms with E-state index in [1.54, 1.807) is 25.4 Å². The number of aromatic nitrogens is 2. The molecule has 1 amide bonds. The van der Waals surface area contributed by atoms with Crippen LogP contribution in [-0.2, 0) is 0 Å². The highest BCUT2D eigenvalue weighted by molar-refractivity contribution is 7.18. The van der Waals surface area contributed by atoms with E-state index in [2.05, 4.69) is 20.6 Å². The molecule has 0 bridgehead atoms. The number of carbonyl (C=O) groups is 1. The van der Waals surface area contributed by atoms with Crippen molar-refractivity contribution in [2.45, 2.75) is 6.92 Å². The molecule has 0 saturated carbocycles. The molecular weight excluding hydrogens is 250 g/mol. The van der Waals surface area contributed by atoms with Crippen LogP contribution in [0.2, 0.25) is 0 Å². The molecule has 2 aromatic rings. The largest absolute Gasteiger partial charge is 0.382 e. The van der Waals surface area contributed by atoms with Crippen molar-refractivity contribution in [2.75, 3.05) is 23.4 Å². The van der Waals surface area contributed by atoms with Crippen molar-refractivity contribution in [3.05, 3.63) is 28.9 Å². The molecule has 0 radical (unpaired) electrons. The molecule has 18 heavy (non-hydrogen) atoms. The van der Waals surface area contributed by atoms with E-state index in [0.717, 1.165) is 5.69 Å². The molecule has 0 atom stereocenters. The van der Waals surface area contributed by atoms with Gasteiger partial charge < -0.3 is 16.4 Å². The van der Waals surface area contributed by atoms with Crippen LogP contribution < -0.4 is 16.4 Å². The predicted octanol–water partition coefficient (Wildman–Crippen LogP) is 1.72. The van der Waals surface area contributed by atoms with Crippen LogP contribution in [0.4, 0.5) is 16.6 Å². The minimum atomic E-state index is -0.275. The molecule has 0 unspecified atom stereocenters. The fourth-order valence-corrected chi connectivity index (χ4v) is 2.13. The third-order valence-corrected chi connectivity index (χ3v) is 3.42. The number of nitrogens with one attached hydrogen (secondary N) is 2. The fourth-order valence-electron chi connectivity index (χ4n) is 1.40. The average molecular weight is 263 g/mol. The Hall–Kier alpha value is -2.15. The second-order valence-electron chi connectivity index (χ2n) is 3.57. The van der Waals surface area contributed by atoms with Crippen molar-refractivity contribution >= 4 is 33.9 Å². The van der Waals surface area contributed by atoms with Gasteiger partial charge in [-0.05, 0) is 19.1 Å². The number of rotatable bonds is 3. The predicted molar refractivity (Wildman–Crippen MR) is 73.0 cm³/mol. The topological polar surface area (TPSA) is 92.9 Å². The monoisotopic (exact) mass is 263 g/mol. The zero-order valence-electron chi connectivity index (χ0n) is 10.0.